The molecule has 0 radical (unpaired) electrons. The third kappa shape index (κ3) is 4.07. The van der Waals surface area contributed by atoms with Crippen molar-refractivity contribution in [1.29, 1.82) is 0 Å². The van der Waals surface area contributed by atoms with Gasteiger partial charge in [-0.3, -0.25) is 4.98 Å². The van der Waals surface area contributed by atoms with Crippen LogP contribution in [0.5, 0.6) is 0 Å². The molecule has 3 heteroatoms. The highest BCUT2D eigenvalue weighted by atomic mass is 127. The minimum atomic E-state index is 0.380. The molecule has 1 atom stereocenters. The number of benzene rings is 1. The molecule has 0 saturated carbocycles. The van der Waals surface area contributed by atoms with E-state index < -0.39 is 0 Å². The van der Waals surface area contributed by atoms with E-state index in [1.165, 1.54) is 9.13 Å². The molecule has 0 fully saturated rings. The largest absolute Gasteiger partial charge is 0.310 e. The third-order valence-electron chi connectivity index (χ3n) is 2.93. The molecule has 0 aliphatic heterocycles. The summed E-state index contributed by atoms with van der Waals surface area (Å²) in [4.78, 5) is 4.32. The second-order valence-electron chi connectivity index (χ2n) is 4.30. The molecule has 0 aliphatic carbocycles. The van der Waals surface area contributed by atoms with Gasteiger partial charge in [0, 0.05) is 34.5 Å². The molecule has 0 saturated heterocycles. The number of nitrogens with one attached hydrogen (secondary N) is 1. The Morgan fingerprint density at radius 2 is 1.94 bits per heavy atom. The van der Waals surface area contributed by atoms with Gasteiger partial charge in [0.25, 0.3) is 0 Å². The van der Waals surface area contributed by atoms with Crippen LogP contribution in [0.2, 0.25) is 0 Å². The summed E-state index contributed by atoms with van der Waals surface area (Å²) in [5.41, 5.74) is 2.47. The SMILES string of the molecule is CC(NCCc1ccccn1)c1ccc(I)cc1. The van der Waals surface area contributed by atoms with Crippen molar-refractivity contribution in [3.05, 3.63) is 63.5 Å². The van der Waals surface area contributed by atoms with Crippen LogP contribution in [0.1, 0.15) is 24.2 Å². The normalized spacial score (nSPS) is 12.3. The summed E-state index contributed by atoms with van der Waals surface area (Å²) in [6.45, 7) is 3.14. The Bertz CT molecular complexity index is 468. The monoisotopic (exact) mass is 352 g/mol. The quantitative estimate of drug-likeness (QED) is 0.832. The summed E-state index contributed by atoms with van der Waals surface area (Å²) >= 11 is 2.33. The van der Waals surface area contributed by atoms with Crippen LogP contribution in [0, 0.1) is 3.57 Å². The van der Waals surface area contributed by atoms with Gasteiger partial charge in [-0.05, 0) is 59.3 Å². The van der Waals surface area contributed by atoms with Crippen LogP contribution < -0.4 is 5.32 Å². The topological polar surface area (TPSA) is 24.9 Å². The average molecular weight is 352 g/mol. The van der Waals surface area contributed by atoms with Crippen molar-refractivity contribution in [3.8, 4) is 0 Å². The first-order valence-electron chi connectivity index (χ1n) is 6.14. The zero-order valence-corrected chi connectivity index (χ0v) is 12.6. The van der Waals surface area contributed by atoms with Gasteiger partial charge in [-0.2, -0.15) is 0 Å². The first-order chi connectivity index (χ1) is 8.75. The summed E-state index contributed by atoms with van der Waals surface area (Å²) < 4.78 is 1.28. The van der Waals surface area contributed by atoms with Crippen molar-refractivity contribution in [3.63, 3.8) is 0 Å². The molecule has 1 aromatic heterocycles. The van der Waals surface area contributed by atoms with Crippen molar-refractivity contribution in [2.75, 3.05) is 6.54 Å². The van der Waals surface area contributed by atoms with Gasteiger partial charge in [0.05, 0.1) is 0 Å². The predicted molar refractivity (Wildman–Crippen MR) is 83.5 cm³/mol. The Morgan fingerprint density at radius 3 is 2.61 bits per heavy atom. The lowest BCUT2D eigenvalue weighted by Crippen LogP contribution is -2.21. The predicted octanol–water partition coefficient (Wildman–Crippen LogP) is 3.58. The maximum atomic E-state index is 4.32. The van der Waals surface area contributed by atoms with Gasteiger partial charge in [0.2, 0.25) is 0 Å². The molecule has 1 heterocycles. The van der Waals surface area contributed by atoms with Gasteiger partial charge in [-0.15, -0.1) is 0 Å². The standard InChI is InChI=1S/C15H17IN2/c1-12(13-5-7-14(16)8-6-13)17-11-9-15-4-2-3-10-18-15/h2-8,10,12,17H,9,11H2,1H3. The number of hydrogen-bond donors (Lipinski definition) is 1. The fraction of sp³-hybridized carbons (Fsp3) is 0.267. The van der Waals surface area contributed by atoms with E-state index in [0.29, 0.717) is 6.04 Å². The Kier molecular flexibility index (Phi) is 5.13. The van der Waals surface area contributed by atoms with Gasteiger partial charge in [0.15, 0.2) is 0 Å². The molecule has 0 spiro atoms. The van der Waals surface area contributed by atoms with E-state index in [0.717, 1.165) is 18.7 Å². The van der Waals surface area contributed by atoms with Gasteiger partial charge in [-0.1, -0.05) is 18.2 Å². The molecular formula is C15H17IN2. The molecule has 2 nitrogen and oxygen atoms in total. The highest BCUT2D eigenvalue weighted by Crippen LogP contribution is 2.14. The summed E-state index contributed by atoms with van der Waals surface area (Å²) in [5, 5.41) is 3.52. The maximum absolute atomic E-state index is 4.32. The molecule has 94 valence electrons. The van der Waals surface area contributed by atoms with Crippen LogP contribution in [0.15, 0.2) is 48.7 Å². The van der Waals surface area contributed by atoms with E-state index in [4.69, 9.17) is 0 Å². The van der Waals surface area contributed by atoms with Crippen molar-refractivity contribution >= 4 is 22.6 Å². The molecule has 0 amide bonds. The van der Waals surface area contributed by atoms with E-state index in [2.05, 4.69) is 70.1 Å². The second kappa shape index (κ2) is 6.85. The fourth-order valence-corrected chi connectivity index (χ4v) is 2.19. The second-order valence-corrected chi connectivity index (χ2v) is 5.54. The Balaban J connectivity index is 1.81. The van der Waals surface area contributed by atoms with Crippen molar-refractivity contribution < 1.29 is 0 Å². The molecule has 1 aromatic carbocycles. The van der Waals surface area contributed by atoms with Gasteiger partial charge in [0.1, 0.15) is 0 Å². The molecule has 0 aliphatic rings. The number of pyridine rings is 1. The lowest BCUT2D eigenvalue weighted by atomic mass is 10.1. The molecule has 2 rings (SSSR count). The molecular weight excluding hydrogens is 335 g/mol. The Hall–Kier alpha value is -0.940. The van der Waals surface area contributed by atoms with Crippen LogP contribution in [0.4, 0.5) is 0 Å². The molecule has 1 N–H and O–H groups in total. The maximum Gasteiger partial charge on any atom is 0.0416 e. The van der Waals surface area contributed by atoms with Gasteiger partial charge < -0.3 is 5.32 Å². The highest BCUT2D eigenvalue weighted by Gasteiger charge is 2.04. The number of halogens is 1. The minimum absolute atomic E-state index is 0.380. The van der Waals surface area contributed by atoms with Crippen molar-refractivity contribution in [2.45, 2.75) is 19.4 Å². The highest BCUT2D eigenvalue weighted by molar-refractivity contribution is 14.1. The van der Waals surface area contributed by atoms with E-state index >= 15 is 0 Å². The lowest BCUT2D eigenvalue weighted by molar-refractivity contribution is 0.574. The zero-order chi connectivity index (χ0) is 12.8. The Morgan fingerprint density at radius 1 is 1.17 bits per heavy atom. The van der Waals surface area contributed by atoms with Crippen LogP contribution in [-0.4, -0.2) is 11.5 Å². The van der Waals surface area contributed by atoms with Gasteiger partial charge >= 0.3 is 0 Å². The number of aromatic nitrogens is 1. The summed E-state index contributed by atoms with van der Waals surface area (Å²) in [6.07, 6.45) is 2.81. The average Bonchev–Trinajstić information content (AvgIpc) is 2.40. The number of rotatable bonds is 5. The van der Waals surface area contributed by atoms with Gasteiger partial charge in [-0.25, -0.2) is 0 Å². The lowest BCUT2D eigenvalue weighted by Gasteiger charge is -2.14. The molecule has 1 unspecified atom stereocenters. The summed E-state index contributed by atoms with van der Waals surface area (Å²) in [5.74, 6) is 0. The van der Waals surface area contributed by atoms with Crippen LogP contribution in [0.3, 0.4) is 0 Å². The number of nitrogens with zero attached hydrogens (tertiary/aromatic N) is 1. The smallest absolute Gasteiger partial charge is 0.0416 e. The van der Waals surface area contributed by atoms with E-state index in [1.807, 2.05) is 18.3 Å². The van der Waals surface area contributed by atoms with E-state index in [9.17, 15) is 0 Å². The summed E-state index contributed by atoms with van der Waals surface area (Å²) in [6, 6.07) is 15.1. The third-order valence-corrected chi connectivity index (χ3v) is 3.65. The molecule has 0 bridgehead atoms. The van der Waals surface area contributed by atoms with E-state index in [-0.39, 0.29) is 0 Å². The summed E-state index contributed by atoms with van der Waals surface area (Å²) in [7, 11) is 0. The molecule has 2 aromatic rings. The van der Waals surface area contributed by atoms with Crippen LogP contribution in [-0.2, 0) is 6.42 Å². The Labute approximate surface area is 122 Å². The van der Waals surface area contributed by atoms with Crippen LogP contribution >= 0.6 is 22.6 Å². The van der Waals surface area contributed by atoms with Crippen molar-refractivity contribution in [1.82, 2.24) is 10.3 Å². The van der Waals surface area contributed by atoms with Crippen molar-refractivity contribution in [2.24, 2.45) is 0 Å². The minimum Gasteiger partial charge on any atom is -0.310 e. The van der Waals surface area contributed by atoms with Crippen LogP contribution in [0.25, 0.3) is 0 Å². The number of hydrogen-bond acceptors (Lipinski definition) is 2. The first kappa shape index (κ1) is 13.5. The first-order valence-corrected chi connectivity index (χ1v) is 7.22. The fourth-order valence-electron chi connectivity index (χ4n) is 1.83. The zero-order valence-electron chi connectivity index (χ0n) is 10.4. The molecule has 18 heavy (non-hydrogen) atoms. The van der Waals surface area contributed by atoms with E-state index in [1.54, 1.807) is 0 Å².